The first kappa shape index (κ1) is 14.0. The lowest BCUT2D eigenvalue weighted by atomic mass is 10.2. The van der Waals surface area contributed by atoms with Crippen LogP contribution in [-0.2, 0) is 6.42 Å². The molecule has 2 aromatic rings. The lowest BCUT2D eigenvalue weighted by Crippen LogP contribution is -2.32. The molecule has 8 nitrogen and oxygen atoms in total. The average Bonchev–Trinajstić information content (AvgIpc) is 2.83. The summed E-state index contributed by atoms with van der Waals surface area (Å²) in [5, 5.41) is 11.7. The summed E-state index contributed by atoms with van der Waals surface area (Å²) in [4.78, 5) is 28.3. The summed E-state index contributed by atoms with van der Waals surface area (Å²) >= 11 is 1.54. The summed E-state index contributed by atoms with van der Waals surface area (Å²) in [7, 11) is 3.85. The Morgan fingerprint density at radius 3 is 2.75 bits per heavy atom. The zero-order chi connectivity index (χ0) is 14.9. The topological polar surface area (TPSA) is 107 Å². The van der Waals surface area contributed by atoms with Crippen LogP contribution in [0, 0.1) is 10.1 Å². The van der Waals surface area contributed by atoms with E-state index in [0.717, 1.165) is 9.88 Å². The number of nitro groups is 1. The van der Waals surface area contributed by atoms with E-state index >= 15 is 0 Å². The van der Waals surface area contributed by atoms with Crippen molar-refractivity contribution in [1.82, 2.24) is 9.66 Å². The Kier molecular flexibility index (Phi) is 3.70. The van der Waals surface area contributed by atoms with Gasteiger partial charge in [-0.2, -0.15) is 0 Å². The Hall–Kier alpha value is -2.42. The van der Waals surface area contributed by atoms with Gasteiger partial charge in [-0.3, -0.25) is 5.84 Å². The molecule has 0 saturated carbocycles. The Bertz CT molecular complexity index is 706. The number of nitrogens with zero attached hydrogens (tertiary/aromatic N) is 4. The van der Waals surface area contributed by atoms with Crippen LogP contribution in [0.1, 0.15) is 10.4 Å². The van der Waals surface area contributed by atoms with E-state index in [2.05, 4.69) is 4.98 Å². The van der Waals surface area contributed by atoms with Crippen molar-refractivity contribution in [3.8, 4) is 0 Å². The minimum absolute atomic E-state index is 0.324. The summed E-state index contributed by atoms with van der Waals surface area (Å²) in [6, 6.07) is 3.85. The summed E-state index contributed by atoms with van der Waals surface area (Å²) in [5.41, 5.74) is -0.281. The molecule has 2 N–H and O–H groups in total. The molecule has 0 amide bonds. The third kappa shape index (κ3) is 2.62. The summed E-state index contributed by atoms with van der Waals surface area (Å²) in [6.45, 7) is 0. The molecule has 0 aliphatic heterocycles. The van der Waals surface area contributed by atoms with E-state index in [1.54, 1.807) is 0 Å². The zero-order valence-electron chi connectivity index (χ0n) is 10.9. The van der Waals surface area contributed by atoms with Crippen molar-refractivity contribution < 1.29 is 4.92 Å². The second kappa shape index (κ2) is 5.29. The van der Waals surface area contributed by atoms with Gasteiger partial charge in [0.15, 0.2) is 0 Å². The van der Waals surface area contributed by atoms with Crippen molar-refractivity contribution in [2.45, 2.75) is 6.42 Å². The van der Waals surface area contributed by atoms with E-state index in [-0.39, 0.29) is 0 Å². The van der Waals surface area contributed by atoms with E-state index in [4.69, 9.17) is 5.84 Å². The highest BCUT2D eigenvalue weighted by atomic mass is 32.1. The van der Waals surface area contributed by atoms with Crippen LogP contribution in [0.4, 0.5) is 10.9 Å². The Labute approximate surface area is 118 Å². The van der Waals surface area contributed by atoms with Gasteiger partial charge in [-0.25, -0.2) is 4.79 Å². The average molecular weight is 295 g/mol. The SMILES string of the molecule is CN(C)c1ccc(Cc2cnc([N+](=O)[O-])n(N)c2=O)s1. The normalized spacial score (nSPS) is 10.5. The van der Waals surface area contributed by atoms with Gasteiger partial charge in [0.2, 0.25) is 0 Å². The molecule has 9 heteroatoms. The molecular weight excluding hydrogens is 282 g/mol. The van der Waals surface area contributed by atoms with Crippen LogP contribution < -0.4 is 16.3 Å². The van der Waals surface area contributed by atoms with Gasteiger partial charge in [-0.05, 0) is 17.1 Å². The molecule has 0 spiro atoms. The van der Waals surface area contributed by atoms with E-state index in [1.807, 2.05) is 31.1 Å². The fourth-order valence-electron chi connectivity index (χ4n) is 1.64. The first-order chi connectivity index (χ1) is 9.40. The highest BCUT2D eigenvalue weighted by molar-refractivity contribution is 7.16. The smallest absolute Gasteiger partial charge is 0.390 e. The zero-order valence-corrected chi connectivity index (χ0v) is 11.8. The van der Waals surface area contributed by atoms with Crippen molar-refractivity contribution in [2.24, 2.45) is 0 Å². The van der Waals surface area contributed by atoms with Crippen LogP contribution in [-0.4, -0.2) is 28.7 Å². The van der Waals surface area contributed by atoms with E-state index in [0.29, 0.717) is 16.7 Å². The van der Waals surface area contributed by atoms with Crippen molar-refractivity contribution in [3.63, 3.8) is 0 Å². The van der Waals surface area contributed by atoms with Crippen molar-refractivity contribution in [2.75, 3.05) is 24.8 Å². The van der Waals surface area contributed by atoms with Crippen LogP contribution in [0.3, 0.4) is 0 Å². The molecule has 0 radical (unpaired) electrons. The number of thiophene rings is 1. The largest absolute Gasteiger partial charge is 0.459 e. The molecule has 2 aromatic heterocycles. The number of aromatic nitrogens is 2. The van der Waals surface area contributed by atoms with Gasteiger partial charge in [0.1, 0.15) is 6.20 Å². The molecule has 0 bridgehead atoms. The standard InChI is InChI=1S/C11H13N5O3S/c1-14(2)9-4-3-8(20-9)5-7-6-13-11(16(18)19)15(12)10(7)17/h3-4,6H,5,12H2,1-2H3. The Morgan fingerprint density at radius 2 is 2.20 bits per heavy atom. The molecule has 20 heavy (non-hydrogen) atoms. The van der Waals surface area contributed by atoms with Crippen LogP contribution in [0.2, 0.25) is 0 Å². The van der Waals surface area contributed by atoms with Crippen molar-refractivity contribution >= 4 is 22.3 Å². The second-order valence-electron chi connectivity index (χ2n) is 4.33. The molecule has 0 aliphatic carbocycles. The molecule has 2 heterocycles. The first-order valence-electron chi connectivity index (χ1n) is 5.66. The Balaban J connectivity index is 2.32. The molecule has 0 aliphatic rings. The van der Waals surface area contributed by atoms with Crippen molar-refractivity contribution in [1.29, 1.82) is 0 Å². The van der Waals surface area contributed by atoms with Crippen LogP contribution in [0.25, 0.3) is 0 Å². The molecule has 0 aromatic carbocycles. The molecular formula is C11H13N5O3S. The highest BCUT2D eigenvalue weighted by Gasteiger charge is 2.18. The van der Waals surface area contributed by atoms with E-state index in [9.17, 15) is 14.9 Å². The Morgan fingerprint density at radius 1 is 1.50 bits per heavy atom. The number of anilines is 1. The third-order valence-corrected chi connectivity index (χ3v) is 3.91. The molecule has 2 rings (SSSR count). The number of hydrogen-bond acceptors (Lipinski definition) is 7. The molecule has 0 unspecified atom stereocenters. The highest BCUT2D eigenvalue weighted by Crippen LogP contribution is 2.25. The molecule has 106 valence electrons. The van der Waals surface area contributed by atoms with E-state index < -0.39 is 16.4 Å². The predicted octanol–water partition coefficient (Wildman–Crippen LogP) is 0.584. The monoisotopic (exact) mass is 295 g/mol. The number of rotatable bonds is 4. The maximum absolute atomic E-state index is 11.9. The summed E-state index contributed by atoms with van der Waals surface area (Å²) in [6.07, 6.45) is 1.55. The lowest BCUT2D eigenvalue weighted by molar-refractivity contribution is -0.396. The summed E-state index contributed by atoms with van der Waals surface area (Å²) in [5.74, 6) is 4.72. The van der Waals surface area contributed by atoms with Crippen molar-refractivity contribution in [3.05, 3.63) is 49.2 Å². The van der Waals surface area contributed by atoms with Gasteiger partial charge >= 0.3 is 11.5 Å². The summed E-state index contributed by atoms with van der Waals surface area (Å²) < 4.78 is 0.468. The molecule has 0 saturated heterocycles. The predicted molar refractivity (Wildman–Crippen MR) is 76.8 cm³/mol. The molecule has 0 fully saturated rings. The van der Waals surface area contributed by atoms with Gasteiger partial charge in [0.25, 0.3) is 0 Å². The van der Waals surface area contributed by atoms with Crippen LogP contribution >= 0.6 is 11.3 Å². The number of hydrogen-bond donors (Lipinski definition) is 1. The van der Waals surface area contributed by atoms with Gasteiger partial charge < -0.3 is 15.0 Å². The van der Waals surface area contributed by atoms with Gasteiger partial charge in [-0.15, -0.1) is 11.3 Å². The van der Waals surface area contributed by atoms with Crippen LogP contribution in [0.5, 0.6) is 0 Å². The quantitative estimate of drug-likeness (QED) is 0.502. The van der Waals surface area contributed by atoms with E-state index in [1.165, 1.54) is 17.5 Å². The number of nitrogen functional groups attached to an aromatic ring is 1. The third-order valence-electron chi connectivity index (χ3n) is 2.66. The minimum atomic E-state index is -0.791. The van der Waals surface area contributed by atoms with Crippen LogP contribution in [0.15, 0.2) is 23.1 Å². The fraction of sp³-hybridized carbons (Fsp3) is 0.273. The lowest BCUT2D eigenvalue weighted by Gasteiger charge is -2.07. The second-order valence-corrected chi connectivity index (χ2v) is 5.47. The number of nitrogens with two attached hydrogens (primary N) is 1. The van der Waals surface area contributed by atoms with Gasteiger partial charge in [0.05, 0.1) is 10.6 Å². The maximum Gasteiger partial charge on any atom is 0.459 e. The molecule has 0 atom stereocenters. The maximum atomic E-state index is 11.9. The minimum Gasteiger partial charge on any atom is -0.390 e. The fourth-order valence-corrected chi connectivity index (χ4v) is 2.60. The van der Waals surface area contributed by atoms with Gasteiger partial charge in [-0.1, -0.05) is 9.66 Å². The van der Waals surface area contributed by atoms with Gasteiger partial charge in [0, 0.05) is 25.4 Å². The first-order valence-corrected chi connectivity index (χ1v) is 6.48.